The van der Waals surface area contributed by atoms with E-state index in [1.807, 2.05) is 32.9 Å². The Kier molecular flexibility index (Phi) is 8.18. The molecule has 0 radical (unpaired) electrons. The quantitative estimate of drug-likeness (QED) is 0.387. The van der Waals surface area contributed by atoms with E-state index in [2.05, 4.69) is 86.2 Å². The highest BCUT2D eigenvalue weighted by molar-refractivity contribution is 5.75. The van der Waals surface area contributed by atoms with Crippen molar-refractivity contribution in [1.29, 1.82) is 0 Å². The number of carbonyl (C=O) groups is 1. The van der Waals surface area contributed by atoms with E-state index in [1.165, 1.54) is 12.0 Å². The molecule has 2 aromatic rings. The number of benzene rings is 2. The van der Waals surface area contributed by atoms with Crippen LogP contribution in [-0.2, 0) is 20.9 Å². The number of nitrogens with zero attached hydrogens (tertiary/aromatic N) is 2. The smallest absolute Gasteiger partial charge is 0.311 e. The zero-order valence-corrected chi connectivity index (χ0v) is 23.9. The Bertz CT molecular complexity index is 1010. The van der Waals surface area contributed by atoms with E-state index in [1.54, 1.807) is 0 Å². The SMILES string of the molecule is CC(C)(C)OC(=O)[C@H]1C(CON2C(C)(C)CCCC2(C)C)CN(Cc2ccccc2)[C@@H]1c1ccccc1. The topological polar surface area (TPSA) is 42.0 Å². The summed E-state index contributed by atoms with van der Waals surface area (Å²) in [5.41, 5.74) is 1.74. The van der Waals surface area contributed by atoms with E-state index in [0.717, 1.165) is 31.5 Å². The Hall–Kier alpha value is -2.21. The van der Waals surface area contributed by atoms with Crippen molar-refractivity contribution in [3.8, 4) is 0 Å². The van der Waals surface area contributed by atoms with Crippen LogP contribution in [0, 0.1) is 11.8 Å². The molecule has 5 nitrogen and oxygen atoms in total. The van der Waals surface area contributed by atoms with E-state index in [9.17, 15) is 4.79 Å². The first-order chi connectivity index (χ1) is 17.4. The molecule has 2 fully saturated rings. The molecular weight excluding hydrogens is 460 g/mol. The monoisotopic (exact) mass is 506 g/mol. The van der Waals surface area contributed by atoms with Crippen molar-refractivity contribution in [3.63, 3.8) is 0 Å². The molecule has 3 atom stereocenters. The lowest BCUT2D eigenvalue weighted by Gasteiger charge is -2.51. The van der Waals surface area contributed by atoms with E-state index in [0.29, 0.717) is 6.61 Å². The first-order valence-electron chi connectivity index (χ1n) is 13.9. The summed E-state index contributed by atoms with van der Waals surface area (Å²) in [6, 6.07) is 20.9. The molecule has 202 valence electrons. The van der Waals surface area contributed by atoms with Crippen LogP contribution in [0.25, 0.3) is 0 Å². The predicted octanol–water partition coefficient (Wildman–Crippen LogP) is 6.79. The first kappa shape index (κ1) is 27.8. The highest BCUT2D eigenvalue weighted by Gasteiger charge is 2.50. The molecule has 0 spiro atoms. The molecule has 0 N–H and O–H groups in total. The third kappa shape index (κ3) is 6.63. The second-order valence-electron chi connectivity index (χ2n) is 13.2. The van der Waals surface area contributed by atoms with Gasteiger partial charge in [-0.05, 0) is 78.9 Å². The maximum absolute atomic E-state index is 13.8. The van der Waals surface area contributed by atoms with Crippen molar-refractivity contribution in [2.45, 2.75) is 97.0 Å². The van der Waals surface area contributed by atoms with Crippen molar-refractivity contribution in [2.75, 3.05) is 13.2 Å². The van der Waals surface area contributed by atoms with Gasteiger partial charge in [-0.3, -0.25) is 14.5 Å². The fourth-order valence-corrected chi connectivity index (χ4v) is 6.41. The zero-order valence-electron chi connectivity index (χ0n) is 23.9. The minimum Gasteiger partial charge on any atom is -0.460 e. The molecule has 2 heterocycles. The Balaban J connectivity index is 1.67. The molecule has 2 saturated heterocycles. The Labute approximate surface area is 224 Å². The number of carbonyl (C=O) groups excluding carboxylic acids is 1. The molecule has 1 unspecified atom stereocenters. The van der Waals surface area contributed by atoms with Gasteiger partial charge in [-0.15, -0.1) is 0 Å². The van der Waals surface area contributed by atoms with Crippen molar-refractivity contribution in [1.82, 2.24) is 9.96 Å². The van der Waals surface area contributed by atoms with E-state index in [-0.39, 0.29) is 34.9 Å². The maximum atomic E-state index is 13.8. The lowest BCUT2D eigenvalue weighted by molar-refractivity contribution is -0.287. The zero-order chi connectivity index (χ0) is 26.8. The van der Waals surface area contributed by atoms with Crippen LogP contribution >= 0.6 is 0 Å². The molecule has 0 aliphatic carbocycles. The van der Waals surface area contributed by atoms with Gasteiger partial charge in [0.05, 0.1) is 12.5 Å². The lowest BCUT2D eigenvalue weighted by Crippen LogP contribution is -2.58. The molecule has 0 amide bonds. The average Bonchev–Trinajstić information content (AvgIpc) is 3.16. The summed E-state index contributed by atoms with van der Waals surface area (Å²) in [7, 11) is 0. The summed E-state index contributed by atoms with van der Waals surface area (Å²) in [6.07, 6.45) is 3.40. The number of likely N-dealkylation sites (tertiary alicyclic amines) is 1. The van der Waals surface area contributed by atoms with Crippen molar-refractivity contribution < 1.29 is 14.4 Å². The second-order valence-corrected chi connectivity index (χ2v) is 13.2. The predicted molar refractivity (Wildman–Crippen MR) is 149 cm³/mol. The molecule has 2 aromatic carbocycles. The van der Waals surface area contributed by atoms with Crippen LogP contribution in [0.3, 0.4) is 0 Å². The van der Waals surface area contributed by atoms with Crippen LogP contribution in [0.2, 0.25) is 0 Å². The number of piperidine rings is 1. The number of hydrogen-bond acceptors (Lipinski definition) is 5. The van der Waals surface area contributed by atoms with Gasteiger partial charge in [0.2, 0.25) is 0 Å². The van der Waals surface area contributed by atoms with Gasteiger partial charge < -0.3 is 4.74 Å². The van der Waals surface area contributed by atoms with E-state index in [4.69, 9.17) is 9.57 Å². The number of hydrogen-bond donors (Lipinski definition) is 0. The minimum atomic E-state index is -0.548. The van der Waals surface area contributed by atoms with Gasteiger partial charge in [0.15, 0.2) is 0 Å². The second kappa shape index (κ2) is 10.9. The molecule has 2 aliphatic rings. The van der Waals surface area contributed by atoms with E-state index < -0.39 is 5.60 Å². The minimum absolute atomic E-state index is 0.0114. The number of ether oxygens (including phenoxy) is 1. The molecule has 0 saturated carbocycles. The summed E-state index contributed by atoms with van der Waals surface area (Å²) < 4.78 is 6.04. The summed E-state index contributed by atoms with van der Waals surface area (Å²) in [4.78, 5) is 23.0. The molecule has 2 aliphatic heterocycles. The molecule has 0 bridgehead atoms. The van der Waals surface area contributed by atoms with Gasteiger partial charge in [0.25, 0.3) is 0 Å². The van der Waals surface area contributed by atoms with E-state index >= 15 is 0 Å². The van der Waals surface area contributed by atoms with Crippen LogP contribution in [0.5, 0.6) is 0 Å². The van der Waals surface area contributed by atoms with Crippen molar-refractivity contribution >= 4 is 5.97 Å². The van der Waals surface area contributed by atoms with Crippen LogP contribution < -0.4 is 0 Å². The number of hydroxylamine groups is 2. The van der Waals surface area contributed by atoms with Crippen LogP contribution in [0.1, 0.15) is 84.9 Å². The molecular formula is C32H46N2O3. The van der Waals surface area contributed by atoms with Gasteiger partial charge in [-0.25, -0.2) is 0 Å². The highest BCUT2D eigenvalue weighted by Crippen LogP contribution is 2.45. The lowest BCUT2D eigenvalue weighted by atomic mass is 9.82. The van der Waals surface area contributed by atoms with Gasteiger partial charge in [0, 0.05) is 36.1 Å². The Morgan fingerprint density at radius 2 is 1.49 bits per heavy atom. The Morgan fingerprint density at radius 1 is 0.919 bits per heavy atom. The van der Waals surface area contributed by atoms with Gasteiger partial charge in [0.1, 0.15) is 5.60 Å². The van der Waals surface area contributed by atoms with Gasteiger partial charge in [-0.1, -0.05) is 60.7 Å². The Morgan fingerprint density at radius 3 is 2.05 bits per heavy atom. The maximum Gasteiger partial charge on any atom is 0.311 e. The summed E-state index contributed by atoms with van der Waals surface area (Å²) in [6.45, 7) is 16.9. The molecule has 37 heavy (non-hydrogen) atoms. The molecule has 4 rings (SSSR count). The normalized spacial score (nSPS) is 26.2. The van der Waals surface area contributed by atoms with Crippen LogP contribution in [0.4, 0.5) is 0 Å². The standard InChI is InChI=1S/C32H46N2O3/c1-30(2,3)37-29(35)27-26(23-36-34-31(4,5)19-14-20-32(34,6)7)22-33(21-24-15-10-8-11-16-24)28(27)25-17-12-9-13-18-25/h8-13,15-18,26-28H,14,19-23H2,1-7H3/t26?,27-,28+/m0/s1. The fraction of sp³-hybridized carbons (Fsp3) is 0.594. The number of esters is 1. The summed E-state index contributed by atoms with van der Waals surface area (Å²) in [5.74, 6) is -0.443. The number of rotatable bonds is 7. The third-order valence-electron chi connectivity index (χ3n) is 7.85. The molecule has 5 heteroatoms. The highest BCUT2D eigenvalue weighted by atomic mass is 16.7. The van der Waals surface area contributed by atoms with Crippen LogP contribution in [-0.4, -0.2) is 45.8 Å². The average molecular weight is 507 g/mol. The summed E-state index contributed by atoms with van der Waals surface area (Å²) in [5, 5.41) is 2.22. The summed E-state index contributed by atoms with van der Waals surface area (Å²) >= 11 is 0. The fourth-order valence-electron chi connectivity index (χ4n) is 6.41. The van der Waals surface area contributed by atoms with Gasteiger partial charge >= 0.3 is 5.97 Å². The largest absolute Gasteiger partial charge is 0.460 e. The third-order valence-corrected chi connectivity index (χ3v) is 7.85. The first-order valence-corrected chi connectivity index (χ1v) is 13.9. The van der Waals surface area contributed by atoms with Gasteiger partial charge in [-0.2, -0.15) is 5.06 Å². The van der Waals surface area contributed by atoms with Crippen molar-refractivity contribution in [3.05, 3.63) is 71.8 Å². The van der Waals surface area contributed by atoms with Crippen molar-refractivity contribution in [2.24, 2.45) is 11.8 Å². The molecule has 0 aromatic heterocycles. The van der Waals surface area contributed by atoms with Crippen LogP contribution in [0.15, 0.2) is 60.7 Å².